The Kier molecular flexibility index (Phi) is 4.68. The third-order valence-corrected chi connectivity index (χ3v) is 4.88. The van der Waals surface area contributed by atoms with Gasteiger partial charge in [0, 0.05) is 35.4 Å². The predicted molar refractivity (Wildman–Crippen MR) is 81.9 cm³/mol. The molecule has 2 rings (SSSR count). The van der Waals surface area contributed by atoms with Gasteiger partial charge in [-0.25, -0.2) is 0 Å². The quantitative estimate of drug-likeness (QED) is 0.916. The molecule has 1 fully saturated rings. The summed E-state index contributed by atoms with van der Waals surface area (Å²) in [5.74, 6) is 0.847. The lowest BCUT2D eigenvalue weighted by atomic mass is 9.86. The van der Waals surface area contributed by atoms with Crippen molar-refractivity contribution in [2.45, 2.75) is 45.2 Å². The minimum atomic E-state index is 0.587. The summed E-state index contributed by atoms with van der Waals surface area (Å²) in [4.78, 5) is 2.43. The molecule has 0 aliphatic heterocycles. The average molecular weight is 311 g/mol. The SMILES string of the molecule is CC1CCCC(N(C)c2cccc(Br)c2CN)C1. The minimum absolute atomic E-state index is 0.587. The van der Waals surface area contributed by atoms with E-state index in [1.807, 2.05) is 0 Å². The number of hydrogen-bond donors (Lipinski definition) is 1. The first-order valence-electron chi connectivity index (χ1n) is 6.83. The maximum Gasteiger partial charge on any atom is 0.0423 e. The van der Waals surface area contributed by atoms with E-state index in [-0.39, 0.29) is 0 Å². The molecule has 2 N–H and O–H groups in total. The summed E-state index contributed by atoms with van der Waals surface area (Å²) in [5, 5.41) is 0. The maximum absolute atomic E-state index is 5.89. The van der Waals surface area contributed by atoms with Gasteiger partial charge in [-0.05, 0) is 30.9 Å². The number of nitrogens with zero attached hydrogens (tertiary/aromatic N) is 1. The molecule has 0 amide bonds. The second-order valence-corrected chi connectivity index (χ2v) is 6.33. The summed E-state index contributed by atoms with van der Waals surface area (Å²) in [6.45, 7) is 2.95. The first-order chi connectivity index (χ1) is 8.63. The lowest BCUT2D eigenvalue weighted by molar-refractivity contribution is 0.336. The molecule has 0 bridgehead atoms. The smallest absolute Gasteiger partial charge is 0.0423 e. The molecule has 0 spiro atoms. The zero-order chi connectivity index (χ0) is 13.1. The van der Waals surface area contributed by atoms with Gasteiger partial charge in [0.2, 0.25) is 0 Å². The van der Waals surface area contributed by atoms with Crippen molar-refractivity contribution in [1.29, 1.82) is 0 Å². The van der Waals surface area contributed by atoms with Gasteiger partial charge in [-0.2, -0.15) is 0 Å². The Morgan fingerprint density at radius 3 is 2.83 bits per heavy atom. The van der Waals surface area contributed by atoms with Crippen LogP contribution < -0.4 is 10.6 Å². The molecule has 2 unspecified atom stereocenters. The van der Waals surface area contributed by atoms with Gasteiger partial charge in [-0.15, -0.1) is 0 Å². The summed E-state index contributed by atoms with van der Waals surface area (Å²) < 4.78 is 1.12. The van der Waals surface area contributed by atoms with Gasteiger partial charge in [-0.1, -0.05) is 41.8 Å². The van der Waals surface area contributed by atoms with Gasteiger partial charge in [0.25, 0.3) is 0 Å². The van der Waals surface area contributed by atoms with Crippen LogP contribution in [0.15, 0.2) is 22.7 Å². The highest BCUT2D eigenvalue weighted by Crippen LogP contribution is 2.33. The van der Waals surface area contributed by atoms with Gasteiger partial charge in [0.1, 0.15) is 0 Å². The van der Waals surface area contributed by atoms with Crippen LogP contribution in [-0.2, 0) is 6.54 Å². The Hall–Kier alpha value is -0.540. The van der Waals surface area contributed by atoms with Crippen molar-refractivity contribution in [1.82, 2.24) is 0 Å². The molecule has 2 nitrogen and oxygen atoms in total. The van der Waals surface area contributed by atoms with E-state index in [0.717, 1.165) is 10.4 Å². The van der Waals surface area contributed by atoms with Gasteiger partial charge in [-0.3, -0.25) is 0 Å². The topological polar surface area (TPSA) is 29.3 Å². The number of rotatable bonds is 3. The third-order valence-electron chi connectivity index (χ3n) is 4.13. The Morgan fingerprint density at radius 2 is 2.17 bits per heavy atom. The van der Waals surface area contributed by atoms with Crippen LogP contribution in [0.1, 0.15) is 38.2 Å². The van der Waals surface area contributed by atoms with Gasteiger partial charge >= 0.3 is 0 Å². The van der Waals surface area contributed by atoms with E-state index >= 15 is 0 Å². The molecule has 3 heteroatoms. The maximum atomic E-state index is 5.89. The largest absolute Gasteiger partial charge is 0.371 e. The average Bonchev–Trinajstić information content (AvgIpc) is 2.37. The molecule has 1 aliphatic rings. The molecule has 18 heavy (non-hydrogen) atoms. The normalized spacial score (nSPS) is 24.0. The highest BCUT2D eigenvalue weighted by Gasteiger charge is 2.23. The fourth-order valence-electron chi connectivity index (χ4n) is 3.03. The van der Waals surface area contributed by atoms with Crippen molar-refractivity contribution < 1.29 is 0 Å². The summed E-state index contributed by atoms with van der Waals surface area (Å²) in [5.41, 5.74) is 8.39. The molecule has 100 valence electrons. The van der Waals surface area contributed by atoms with E-state index in [4.69, 9.17) is 5.73 Å². The van der Waals surface area contributed by atoms with E-state index in [9.17, 15) is 0 Å². The first kappa shape index (κ1) is 13.9. The van der Waals surface area contributed by atoms with Crippen LogP contribution in [0.5, 0.6) is 0 Å². The molecular formula is C15H23BrN2. The van der Waals surface area contributed by atoms with Crippen LogP contribution in [0.2, 0.25) is 0 Å². The molecular weight excluding hydrogens is 288 g/mol. The lowest BCUT2D eigenvalue weighted by Gasteiger charge is -2.36. The monoisotopic (exact) mass is 310 g/mol. The highest BCUT2D eigenvalue weighted by molar-refractivity contribution is 9.10. The lowest BCUT2D eigenvalue weighted by Crippen LogP contribution is -2.36. The summed E-state index contributed by atoms with van der Waals surface area (Å²) in [6, 6.07) is 7.02. The van der Waals surface area contributed by atoms with Crippen LogP contribution in [-0.4, -0.2) is 13.1 Å². The van der Waals surface area contributed by atoms with Crippen molar-refractivity contribution >= 4 is 21.6 Å². The van der Waals surface area contributed by atoms with Gasteiger partial charge in [0.15, 0.2) is 0 Å². The van der Waals surface area contributed by atoms with Crippen molar-refractivity contribution in [3.63, 3.8) is 0 Å². The Balaban J connectivity index is 2.22. The van der Waals surface area contributed by atoms with Crippen LogP contribution in [0.4, 0.5) is 5.69 Å². The molecule has 0 saturated heterocycles. The second kappa shape index (κ2) is 6.07. The van der Waals surface area contributed by atoms with E-state index in [0.29, 0.717) is 12.6 Å². The third kappa shape index (κ3) is 2.89. The van der Waals surface area contributed by atoms with Crippen molar-refractivity contribution in [2.24, 2.45) is 11.7 Å². The van der Waals surface area contributed by atoms with Crippen LogP contribution in [0.3, 0.4) is 0 Å². The molecule has 0 heterocycles. The zero-order valence-electron chi connectivity index (χ0n) is 11.3. The molecule has 1 aliphatic carbocycles. The Morgan fingerprint density at radius 1 is 1.39 bits per heavy atom. The zero-order valence-corrected chi connectivity index (χ0v) is 12.9. The number of benzene rings is 1. The van der Waals surface area contributed by atoms with Crippen LogP contribution in [0, 0.1) is 5.92 Å². The molecule has 1 saturated carbocycles. The standard InChI is InChI=1S/C15H23BrN2/c1-11-5-3-6-12(9-11)18(2)15-8-4-7-14(16)13(15)10-17/h4,7-8,11-12H,3,5-6,9-10,17H2,1-2H3. The summed E-state index contributed by atoms with van der Waals surface area (Å²) >= 11 is 3.60. The van der Waals surface area contributed by atoms with E-state index in [1.54, 1.807) is 0 Å². The second-order valence-electron chi connectivity index (χ2n) is 5.48. The Bertz CT molecular complexity index is 405. The van der Waals surface area contributed by atoms with E-state index in [2.05, 4.69) is 53.0 Å². The van der Waals surface area contributed by atoms with E-state index in [1.165, 1.54) is 36.9 Å². The number of halogens is 1. The highest BCUT2D eigenvalue weighted by atomic mass is 79.9. The van der Waals surface area contributed by atoms with Crippen molar-refractivity contribution in [3.05, 3.63) is 28.2 Å². The molecule has 1 aromatic rings. The first-order valence-corrected chi connectivity index (χ1v) is 7.63. The number of nitrogens with two attached hydrogens (primary N) is 1. The summed E-state index contributed by atoms with van der Waals surface area (Å²) in [7, 11) is 2.21. The van der Waals surface area contributed by atoms with Gasteiger partial charge < -0.3 is 10.6 Å². The molecule has 2 atom stereocenters. The minimum Gasteiger partial charge on any atom is -0.371 e. The number of anilines is 1. The Labute approximate surface area is 119 Å². The van der Waals surface area contributed by atoms with Crippen molar-refractivity contribution in [3.8, 4) is 0 Å². The fraction of sp³-hybridized carbons (Fsp3) is 0.600. The summed E-state index contributed by atoms with van der Waals surface area (Å²) in [6.07, 6.45) is 5.33. The van der Waals surface area contributed by atoms with Crippen molar-refractivity contribution in [2.75, 3.05) is 11.9 Å². The van der Waals surface area contributed by atoms with Gasteiger partial charge in [0.05, 0.1) is 0 Å². The fourth-order valence-corrected chi connectivity index (χ4v) is 3.55. The molecule has 0 aromatic heterocycles. The molecule has 1 aromatic carbocycles. The molecule has 0 radical (unpaired) electrons. The van der Waals surface area contributed by atoms with Crippen LogP contribution in [0.25, 0.3) is 0 Å². The van der Waals surface area contributed by atoms with Crippen LogP contribution >= 0.6 is 15.9 Å². The van der Waals surface area contributed by atoms with E-state index < -0.39 is 0 Å². The number of hydrogen-bond acceptors (Lipinski definition) is 2. The predicted octanol–water partition coefficient (Wildman–Crippen LogP) is 3.92.